The second-order valence-corrected chi connectivity index (χ2v) is 4.97. The van der Waals surface area contributed by atoms with Crippen LogP contribution in [0, 0.1) is 5.92 Å². The summed E-state index contributed by atoms with van der Waals surface area (Å²) in [5, 5.41) is 15.5. The van der Waals surface area contributed by atoms with Gasteiger partial charge in [-0.3, -0.25) is 4.79 Å². The van der Waals surface area contributed by atoms with Gasteiger partial charge in [0.2, 0.25) is 5.91 Å². The van der Waals surface area contributed by atoms with Crippen LogP contribution >= 0.6 is 0 Å². The van der Waals surface area contributed by atoms with E-state index in [1.165, 1.54) is 6.42 Å². The highest BCUT2D eigenvalue weighted by molar-refractivity contribution is 5.78. The molecule has 0 radical (unpaired) electrons. The van der Waals surface area contributed by atoms with Crippen molar-refractivity contribution in [2.45, 2.75) is 45.1 Å². The average Bonchev–Trinajstić information content (AvgIpc) is 2.26. The van der Waals surface area contributed by atoms with E-state index in [2.05, 4.69) is 17.6 Å². The summed E-state index contributed by atoms with van der Waals surface area (Å²) < 4.78 is 0. The quantitative estimate of drug-likeness (QED) is 0.647. The minimum absolute atomic E-state index is 0.00926. The molecule has 4 heteroatoms. The van der Waals surface area contributed by atoms with Crippen LogP contribution in [0.1, 0.15) is 39.5 Å². The molecule has 0 aromatic carbocycles. The van der Waals surface area contributed by atoms with Gasteiger partial charge in [-0.25, -0.2) is 0 Å². The number of aliphatic hydroxyl groups excluding tert-OH is 1. The smallest absolute Gasteiger partial charge is 0.234 e. The first-order valence-electron chi connectivity index (χ1n) is 6.24. The molecule has 0 aromatic rings. The molecule has 0 bridgehead atoms. The Morgan fingerprint density at radius 3 is 2.88 bits per heavy atom. The van der Waals surface area contributed by atoms with E-state index < -0.39 is 0 Å². The average molecular weight is 228 g/mol. The normalized spacial score (nSPS) is 30.1. The molecule has 1 fully saturated rings. The number of carbonyl (C=O) groups excluding carboxylic acids is 1. The summed E-state index contributed by atoms with van der Waals surface area (Å²) >= 11 is 0. The van der Waals surface area contributed by atoms with Gasteiger partial charge in [0.15, 0.2) is 0 Å². The Bertz CT molecular complexity index is 233. The number of hydrogen-bond donors (Lipinski definition) is 3. The van der Waals surface area contributed by atoms with Crippen molar-refractivity contribution in [1.82, 2.24) is 10.6 Å². The van der Waals surface area contributed by atoms with E-state index in [9.17, 15) is 9.90 Å². The van der Waals surface area contributed by atoms with Crippen LogP contribution < -0.4 is 10.6 Å². The molecular weight excluding hydrogens is 204 g/mol. The molecule has 0 spiro atoms. The molecule has 0 saturated heterocycles. The van der Waals surface area contributed by atoms with Crippen molar-refractivity contribution >= 4 is 5.91 Å². The summed E-state index contributed by atoms with van der Waals surface area (Å²) in [6, 6.07) is 0. The van der Waals surface area contributed by atoms with Crippen LogP contribution in [0.2, 0.25) is 0 Å². The monoisotopic (exact) mass is 228 g/mol. The highest BCUT2D eigenvalue weighted by Crippen LogP contribution is 2.31. The molecule has 1 aliphatic rings. The maximum atomic E-state index is 11.7. The van der Waals surface area contributed by atoms with Crippen LogP contribution in [0.15, 0.2) is 0 Å². The van der Waals surface area contributed by atoms with Crippen LogP contribution in [0.25, 0.3) is 0 Å². The maximum Gasteiger partial charge on any atom is 0.234 e. The fourth-order valence-corrected chi connectivity index (χ4v) is 2.54. The first kappa shape index (κ1) is 13.5. The van der Waals surface area contributed by atoms with Gasteiger partial charge in [0.05, 0.1) is 18.7 Å². The van der Waals surface area contributed by atoms with Crippen molar-refractivity contribution in [3.8, 4) is 0 Å². The van der Waals surface area contributed by atoms with E-state index in [4.69, 9.17) is 0 Å². The van der Waals surface area contributed by atoms with Crippen molar-refractivity contribution in [3.05, 3.63) is 0 Å². The summed E-state index contributed by atoms with van der Waals surface area (Å²) in [5.74, 6) is 0.574. The van der Waals surface area contributed by atoms with E-state index in [1.807, 2.05) is 6.92 Å². The molecule has 16 heavy (non-hydrogen) atoms. The lowest BCUT2D eigenvalue weighted by Gasteiger charge is -2.39. The van der Waals surface area contributed by atoms with Gasteiger partial charge in [-0.2, -0.15) is 0 Å². The van der Waals surface area contributed by atoms with Gasteiger partial charge in [-0.1, -0.05) is 26.7 Å². The zero-order chi connectivity index (χ0) is 12.0. The van der Waals surface area contributed by atoms with Crippen molar-refractivity contribution in [2.24, 2.45) is 5.92 Å². The second kappa shape index (κ2) is 6.21. The summed E-state index contributed by atoms with van der Waals surface area (Å²) in [4.78, 5) is 11.7. The SMILES string of the molecule is CCNCC(=O)NC1(CO)CCCC(C)C1. The number of amides is 1. The maximum absolute atomic E-state index is 11.7. The van der Waals surface area contributed by atoms with Gasteiger partial charge in [-0.15, -0.1) is 0 Å². The number of rotatable bonds is 5. The molecule has 3 N–H and O–H groups in total. The highest BCUT2D eigenvalue weighted by atomic mass is 16.3. The number of hydrogen-bond acceptors (Lipinski definition) is 3. The Hall–Kier alpha value is -0.610. The lowest BCUT2D eigenvalue weighted by Crippen LogP contribution is -2.55. The topological polar surface area (TPSA) is 61.4 Å². The molecule has 4 nitrogen and oxygen atoms in total. The van der Waals surface area contributed by atoms with Crippen LogP contribution in [0.3, 0.4) is 0 Å². The van der Waals surface area contributed by atoms with E-state index in [1.54, 1.807) is 0 Å². The van der Waals surface area contributed by atoms with E-state index >= 15 is 0 Å². The van der Waals surface area contributed by atoms with Crippen LogP contribution in [0.5, 0.6) is 0 Å². The van der Waals surface area contributed by atoms with Gasteiger partial charge in [0, 0.05) is 0 Å². The third-order valence-electron chi connectivity index (χ3n) is 3.33. The van der Waals surface area contributed by atoms with Gasteiger partial charge >= 0.3 is 0 Å². The van der Waals surface area contributed by atoms with Crippen LogP contribution in [0.4, 0.5) is 0 Å². The minimum atomic E-state index is -0.371. The van der Waals surface area contributed by atoms with Crippen molar-refractivity contribution < 1.29 is 9.90 Å². The molecule has 2 unspecified atom stereocenters. The molecule has 0 aliphatic heterocycles. The van der Waals surface area contributed by atoms with E-state index in [0.29, 0.717) is 12.5 Å². The van der Waals surface area contributed by atoms with Gasteiger partial charge in [-0.05, 0) is 25.3 Å². The fourth-order valence-electron chi connectivity index (χ4n) is 2.54. The highest BCUT2D eigenvalue weighted by Gasteiger charge is 2.35. The number of aliphatic hydroxyl groups is 1. The standard InChI is InChI=1S/C12H24N2O2/c1-3-13-8-11(16)14-12(9-15)6-4-5-10(2)7-12/h10,13,15H,3-9H2,1-2H3,(H,14,16). The zero-order valence-electron chi connectivity index (χ0n) is 10.4. The lowest BCUT2D eigenvalue weighted by molar-refractivity contribution is -0.123. The first-order valence-corrected chi connectivity index (χ1v) is 6.24. The van der Waals surface area contributed by atoms with Gasteiger partial charge in [0.25, 0.3) is 0 Å². The lowest BCUT2D eigenvalue weighted by atomic mass is 9.77. The molecular formula is C12H24N2O2. The summed E-state index contributed by atoms with van der Waals surface area (Å²) in [7, 11) is 0. The predicted octanol–water partition coefficient (Wildman–Crippen LogP) is 0.653. The summed E-state index contributed by atoms with van der Waals surface area (Å²) in [5.41, 5.74) is -0.371. The minimum Gasteiger partial charge on any atom is -0.394 e. The largest absolute Gasteiger partial charge is 0.394 e. The molecule has 0 aromatic heterocycles. The molecule has 1 rings (SSSR count). The number of likely N-dealkylation sites (N-methyl/N-ethyl adjacent to an activating group) is 1. The number of nitrogens with one attached hydrogen (secondary N) is 2. The molecule has 2 atom stereocenters. The van der Waals surface area contributed by atoms with Crippen molar-refractivity contribution in [1.29, 1.82) is 0 Å². The summed E-state index contributed by atoms with van der Waals surface area (Å²) in [6.45, 7) is 5.33. The third kappa shape index (κ3) is 3.76. The number of carbonyl (C=O) groups is 1. The predicted molar refractivity (Wildman–Crippen MR) is 64.1 cm³/mol. The Balaban J connectivity index is 2.49. The third-order valence-corrected chi connectivity index (χ3v) is 3.33. The molecule has 1 amide bonds. The molecule has 1 saturated carbocycles. The zero-order valence-corrected chi connectivity index (χ0v) is 10.4. The molecule has 1 aliphatic carbocycles. The van der Waals surface area contributed by atoms with Gasteiger partial charge in [0.1, 0.15) is 0 Å². The second-order valence-electron chi connectivity index (χ2n) is 4.97. The van der Waals surface area contributed by atoms with Crippen LogP contribution in [-0.4, -0.2) is 36.2 Å². The Labute approximate surface area is 97.8 Å². The van der Waals surface area contributed by atoms with Crippen LogP contribution in [-0.2, 0) is 4.79 Å². The molecule has 94 valence electrons. The Kier molecular flexibility index (Phi) is 5.22. The molecule has 0 heterocycles. The van der Waals surface area contributed by atoms with E-state index in [-0.39, 0.29) is 18.1 Å². The Morgan fingerprint density at radius 1 is 1.56 bits per heavy atom. The van der Waals surface area contributed by atoms with Crippen molar-refractivity contribution in [2.75, 3.05) is 19.7 Å². The first-order chi connectivity index (χ1) is 7.62. The summed E-state index contributed by atoms with van der Waals surface area (Å²) in [6.07, 6.45) is 4.07. The Morgan fingerprint density at radius 2 is 2.31 bits per heavy atom. The van der Waals surface area contributed by atoms with Gasteiger partial charge < -0.3 is 15.7 Å². The fraction of sp³-hybridized carbons (Fsp3) is 0.917. The van der Waals surface area contributed by atoms with E-state index in [0.717, 1.165) is 25.8 Å². The van der Waals surface area contributed by atoms with Crippen molar-refractivity contribution in [3.63, 3.8) is 0 Å².